The Morgan fingerprint density at radius 3 is 2.58 bits per heavy atom. The van der Waals surface area contributed by atoms with Gasteiger partial charge in [-0.3, -0.25) is 4.90 Å². The number of rotatable bonds is 2. The predicted octanol–water partition coefficient (Wildman–Crippen LogP) is 1.59. The Morgan fingerprint density at radius 1 is 1.26 bits per heavy atom. The number of halogens is 2. The van der Waals surface area contributed by atoms with Crippen molar-refractivity contribution in [2.75, 3.05) is 33.2 Å². The van der Waals surface area contributed by atoms with Gasteiger partial charge in [0.15, 0.2) is 16.7 Å². The molecule has 0 unspecified atom stereocenters. The van der Waals surface area contributed by atoms with E-state index in [1.54, 1.807) is 19.2 Å². The zero-order valence-electron chi connectivity index (χ0n) is 10.8. The molecule has 3 nitrogen and oxygen atoms in total. The van der Waals surface area contributed by atoms with Crippen LogP contribution in [0.3, 0.4) is 0 Å². The topological polar surface area (TPSA) is 18.5 Å². The minimum Gasteiger partial charge on any atom is -0.366 e. The van der Waals surface area contributed by atoms with E-state index in [-0.39, 0.29) is 0 Å². The van der Waals surface area contributed by atoms with Crippen LogP contribution in [0, 0.1) is 11.6 Å². The highest BCUT2D eigenvalue weighted by Crippen LogP contribution is 2.15. The molecule has 2 rings (SSSR count). The van der Waals surface area contributed by atoms with E-state index in [0.717, 1.165) is 37.4 Å². The number of benzene rings is 1. The van der Waals surface area contributed by atoms with Crippen molar-refractivity contribution in [1.29, 1.82) is 0 Å². The number of hydrogen-bond donors (Lipinski definition) is 1. The molecule has 0 atom stereocenters. The van der Waals surface area contributed by atoms with E-state index in [2.05, 4.69) is 15.1 Å². The standard InChI is InChI=1S/C13H17F2N3S/c1-16-13(19)18-7-5-17(6-8-18)9-10-3-2-4-11(14)12(10)15/h2-4H,5-9H2,1H3,(H,16,19). The molecule has 1 N–H and O–H groups in total. The van der Waals surface area contributed by atoms with Gasteiger partial charge in [-0.25, -0.2) is 8.78 Å². The Labute approximate surface area is 117 Å². The molecule has 1 aromatic carbocycles. The van der Waals surface area contributed by atoms with Gasteiger partial charge in [0.1, 0.15) is 0 Å². The van der Waals surface area contributed by atoms with Crippen LogP contribution in [0.1, 0.15) is 5.56 Å². The summed E-state index contributed by atoms with van der Waals surface area (Å²) >= 11 is 5.17. The lowest BCUT2D eigenvalue weighted by Gasteiger charge is -2.35. The molecule has 1 saturated heterocycles. The molecule has 1 aliphatic heterocycles. The van der Waals surface area contributed by atoms with Gasteiger partial charge >= 0.3 is 0 Å². The first-order valence-corrected chi connectivity index (χ1v) is 6.64. The lowest BCUT2D eigenvalue weighted by atomic mass is 10.2. The van der Waals surface area contributed by atoms with Crippen molar-refractivity contribution < 1.29 is 8.78 Å². The highest BCUT2D eigenvalue weighted by molar-refractivity contribution is 7.80. The smallest absolute Gasteiger partial charge is 0.168 e. The minimum absolute atomic E-state index is 0.407. The molecule has 0 amide bonds. The van der Waals surface area contributed by atoms with Gasteiger partial charge in [-0.2, -0.15) is 0 Å². The van der Waals surface area contributed by atoms with Gasteiger partial charge in [0, 0.05) is 45.3 Å². The van der Waals surface area contributed by atoms with Crippen LogP contribution >= 0.6 is 12.2 Å². The largest absolute Gasteiger partial charge is 0.366 e. The third kappa shape index (κ3) is 3.39. The van der Waals surface area contributed by atoms with Gasteiger partial charge in [-0.05, 0) is 18.3 Å². The summed E-state index contributed by atoms with van der Waals surface area (Å²) in [5, 5.41) is 3.68. The minimum atomic E-state index is -0.785. The van der Waals surface area contributed by atoms with Crippen LogP contribution in [0.25, 0.3) is 0 Å². The van der Waals surface area contributed by atoms with Crippen molar-refractivity contribution in [2.24, 2.45) is 0 Å². The van der Waals surface area contributed by atoms with Crippen LogP contribution in [0.2, 0.25) is 0 Å². The summed E-state index contributed by atoms with van der Waals surface area (Å²) in [5.41, 5.74) is 0.407. The molecule has 1 fully saturated rings. The molecule has 104 valence electrons. The molecule has 1 aromatic rings. The molecule has 6 heteroatoms. The molecule has 1 heterocycles. The Balaban J connectivity index is 1.92. The number of nitrogens with zero attached hydrogens (tertiary/aromatic N) is 2. The monoisotopic (exact) mass is 285 g/mol. The molecule has 0 aliphatic carbocycles. The van der Waals surface area contributed by atoms with Gasteiger partial charge in [-0.1, -0.05) is 12.1 Å². The second-order valence-corrected chi connectivity index (χ2v) is 4.92. The number of nitrogens with one attached hydrogen (secondary N) is 1. The van der Waals surface area contributed by atoms with Crippen LogP contribution in [0.15, 0.2) is 18.2 Å². The Hall–Kier alpha value is -1.27. The lowest BCUT2D eigenvalue weighted by Crippen LogP contribution is -2.50. The molecule has 0 radical (unpaired) electrons. The third-order valence-electron chi connectivity index (χ3n) is 3.30. The zero-order chi connectivity index (χ0) is 13.8. The first-order chi connectivity index (χ1) is 9.11. The van der Waals surface area contributed by atoms with Crippen LogP contribution in [-0.2, 0) is 6.54 Å². The van der Waals surface area contributed by atoms with Gasteiger partial charge in [0.05, 0.1) is 0 Å². The summed E-state index contributed by atoms with van der Waals surface area (Å²) < 4.78 is 26.7. The van der Waals surface area contributed by atoms with Crippen LogP contribution in [0.4, 0.5) is 8.78 Å². The molecule has 1 aliphatic rings. The summed E-state index contributed by atoms with van der Waals surface area (Å²) in [6.07, 6.45) is 0. The van der Waals surface area contributed by atoms with Gasteiger partial charge in [-0.15, -0.1) is 0 Å². The Morgan fingerprint density at radius 2 is 1.95 bits per heavy atom. The maximum absolute atomic E-state index is 13.6. The Bertz CT molecular complexity index is 459. The van der Waals surface area contributed by atoms with Crippen molar-refractivity contribution in [3.05, 3.63) is 35.4 Å². The van der Waals surface area contributed by atoms with E-state index >= 15 is 0 Å². The normalized spacial score (nSPS) is 16.5. The van der Waals surface area contributed by atoms with Crippen LogP contribution in [0.5, 0.6) is 0 Å². The van der Waals surface area contributed by atoms with Crippen molar-refractivity contribution in [3.8, 4) is 0 Å². The number of piperazine rings is 1. The van der Waals surface area contributed by atoms with Gasteiger partial charge in [0.2, 0.25) is 0 Å². The van der Waals surface area contributed by atoms with E-state index in [1.165, 1.54) is 0 Å². The fraction of sp³-hybridized carbons (Fsp3) is 0.462. The first-order valence-electron chi connectivity index (χ1n) is 6.23. The van der Waals surface area contributed by atoms with Gasteiger partial charge in [0.25, 0.3) is 0 Å². The highest BCUT2D eigenvalue weighted by Gasteiger charge is 2.19. The van der Waals surface area contributed by atoms with E-state index < -0.39 is 11.6 Å². The van der Waals surface area contributed by atoms with E-state index in [9.17, 15) is 8.78 Å². The average Bonchev–Trinajstić information content (AvgIpc) is 2.44. The maximum Gasteiger partial charge on any atom is 0.168 e. The van der Waals surface area contributed by atoms with E-state index in [4.69, 9.17) is 12.2 Å². The lowest BCUT2D eigenvalue weighted by molar-refractivity contribution is 0.173. The van der Waals surface area contributed by atoms with E-state index in [0.29, 0.717) is 12.1 Å². The first kappa shape index (κ1) is 14.1. The fourth-order valence-electron chi connectivity index (χ4n) is 2.18. The van der Waals surface area contributed by atoms with E-state index in [1.807, 2.05) is 0 Å². The quantitative estimate of drug-likeness (QED) is 0.831. The zero-order valence-corrected chi connectivity index (χ0v) is 11.6. The molecular formula is C13H17F2N3S. The fourth-order valence-corrected chi connectivity index (χ4v) is 2.36. The van der Waals surface area contributed by atoms with Gasteiger partial charge < -0.3 is 10.2 Å². The summed E-state index contributed by atoms with van der Waals surface area (Å²) in [6, 6.07) is 4.31. The molecule has 19 heavy (non-hydrogen) atoms. The number of thiocarbonyl (C=S) groups is 1. The predicted molar refractivity (Wildman–Crippen MR) is 74.9 cm³/mol. The molecular weight excluding hydrogens is 268 g/mol. The highest BCUT2D eigenvalue weighted by atomic mass is 32.1. The molecule has 0 saturated carbocycles. The maximum atomic E-state index is 13.6. The second kappa shape index (κ2) is 6.25. The van der Waals surface area contributed by atoms with Crippen molar-refractivity contribution in [2.45, 2.75) is 6.54 Å². The Kier molecular flexibility index (Phi) is 4.66. The number of hydrogen-bond acceptors (Lipinski definition) is 2. The SMILES string of the molecule is CNC(=S)N1CCN(Cc2cccc(F)c2F)CC1. The van der Waals surface area contributed by atoms with Crippen LogP contribution < -0.4 is 5.32 Å². The molecule has 0 spiro atoms. The summed E-state index contributed by atoms with van der Waals surface area (Å²) in [5.74, 6) is -1.52. The third-order valence-corrected chi connectivity index (χ3v) is 3.76. The van der Waals surface area contributed by atoms with Crippen molar-refractivity contribution in [3.63, 3.8) is 0 Å². The molecule has 0 bridgehead atoms. The summed E-state index contributed by atoms with van der Waals surface area (Å²) in [7, 11) is 1.80. The van der Waals surface area contributed by atoms with Crippen LogP contribution in [-0.4, -0.2) is 48.1 Å². The summed E-state index contributed by atoms with van der Waals surface area (Å²) in [4.78, 5) is 4.18. The summed E-state index contributed by atoms with van der Waals surface area (Å²) in [6.45, 7) is 3.62. The van der Waals surface area contributed by atoms with Crippen molar-refractivity contribution in [1.82, 2.24) is 15.1 Å². The molecule has 0 aromatic heterocycles. The second-order valence-electron chi connectivity index (χ2n) is 4.53. The van der Waals surface area contributed by atoms with Crippen molar-refractivity contribution >= 4 is 17.3 Å². The average molecular weight is 285 g/mol.